The van der Waals surface area contributed by atoms with Crippen molar-refractivity contribution in [1.29, 1.82) is 0 Å². The van der Waals surface area contributed by atoms with Gasteiger partial charge in [0.2, 0.25) is 5.88 Å². The van der Waals surface area contributed by atoms with Gasteiger partial charge in [0.25, 0.3) is 5.91 Å². The highest BCUT2D eigenvalue weighted by molar-refractivity contribution is 6.06. The minimum absolute atomic E-state index is 0.00833. The molecule has 0 radical (unpaired) electrons. The van der Waals surface area contributed by atoms with Crippen molar-refractivity contribution in [1.82, 2.24) is 29.7 Å². The van der Waals surface area contributed by atoms with Crippen molar-refractivity contribution in [2.45, 2.75) is 6.18 Å². The molecule has 0 saturated heterocycles. The topological polar surface area (TPSA) is 142 Å². The summed E-state index contributed by atoms with van der Waals surface area (Å²) in [6.45, 7) is 0. The highest BCUT2D eigenvalue weighted by Crippen LogP contribution is 2.38. The number of alkyl halides is 3. The summed E-state index contributed by atoms with van der Waals surface area (Å²) in [6.07, 6.45) is -2.33. The second kappa shape index (κ2) is 9.55. The third-order valence-corrected chi connectivity index (χ3v) is 5.66. The largest absolute Gasteiger partial charge is 0.493 e. The molecular weight excluding hydrogens is 522 g/mol. The summed E-state index contributed by atoms with van der Waals surface area (Å²) < 4.78 is 57.2. The maximum absolute atomic E-state index is 14.9. The van der Waals surface area contributed by atoms with E-state index in [0.717, 1.165) is 12.3 Å². The number of anilines is 1. The number of carbonyl (C=O) groups is 1. The van der Waals surface area contributed by atoms with Crippen molar-refractivity contribution >= 4 is 11.6 Å². The fourth-order valence-electron chi connectivity index (χ4n) is 3.89. The lowest BCUT2D eigenvalue weighted by molar-refractivity contribution is -0.137. The first-order chi connectivity index (χ1) is 18.5. The summed E-state index contributed by atoms with van der Waals surface area (Å²) in [6, 6.07) is 10.8. The molecule has 5 aromatic rings. The molecule has 14 heteroatoms. The molecule has 0 spiro atoms. The van der Waals surface area contributed by atoms with E-state index in [1.807, 2.05) is 0 Å². The zero-order valence-corrected chi connectivity index (χ0v) is 19.8. The Kier molecular flexibility index (Phi) is 6.22. The lowest BCUT2D eigenvalue weighted by atomic mass is 9.99. The number of amides is 1. The van der Waals surface area contributed by atoms with Gasteiger partial charge in [-0.15, -0.1) is 0 Å². The summed E-state index contributed by atoms with van der Waals surface area (Å²) in [7, 11) is 1.51. The molecule has 10 nitrogen and oxygen atoms in total. The second-order valence-electron chi connectivity index (χ2n) is 8.33. The van der Waals surface area contributed by atoms with E-state index in [1.165, 1.54) is 24.0 Å². The number of nitrogens with zero attached hydrogens (tertiary/aromatic N) is 4. The zero-order valence-electron chi connectivity index (χ0n) is 19.8. The molecule has 3 aromatic heterocycles. The molecule has 0 aliphatic rings. The number of halogens is 4. The van der Waals surface area contributed by atoms with E-state index in [2.05, 4.69) is 30.4 Å². The average Bonchev–Trinajstić information content (AvgIpc) is 3.48. The Bertz CT molecular complexity index is 1760. The number of aromatic amines is 2. The summed E-state index contributed by atoms with van der Waals surface area (Å²) in [5, 5.41) is 16.4. The van der Waals surface area contributed by atoms with Crippen molar-refractivity contribution in [2.24, 2.45) is 7.05 Å². The van der Waals surface area contributed by atoms with E-state index in [1.54, 1.807) is 30.3 Å². The first-order valence-electron chi connectivity index (χ1n) is 11.2. The minimum Gasteiger partial charge on any atom is -0.493 e. The van der Waals surface area contributed by atoms with Crippen LogP contribution in [0.15, 0.2) is 65.7 Å². The van der Waals surface area contributed by atoms with Crippen LogP contribution < -0.4 is 11.0 Å². The van der Waals surface area contributed by atoms with Crippen LogP contribution in [0.1, 0.15) is 15.9 Å². The van der Waals surface area contributed by atoms with E-state index >= 15 is 0 Å². The Morgan fingerprint density at radius 1 is 1.10 bits per heavy atom. The number of benzene rings is 2. The highest BCUT2D eigenvalue weighted by atomic mass is 19.4. The van der Waals surface area contributed by atoms with Crippen LogP contribution in [0.4, 0.5) is 23.2 Å². The van der Waals surface area contributed by atoms with E-state index in [4.69, 9.17) is 0 Å². The number of nitrogens with one attached hydrogen (secondary N) is 3. The van der Waals surface area contributed by atoms with Gasteiger partial charge in [-0.3, -0.25) is 19.4 Å². The predicted octanol–water partition coefficient (Wildman–Crippen LogP) is 4.34. The van der Waals surface area contributed by atoms with Gasteiger partial charge in [-0.1, -0.05) is 30.3 Å². The van der Waals surface area contributed by atoms with Crippen molar-refractivity contribution in [3.63, 3.8) is 0 Å². The van der Waals surface area contributed by atoms with E-state index in [0.29, 0.717) is 5.56 Å². The summed E-state index contributed by atoms with van der Waals surface area (Å²) in [4.78, 5) is 37.6. The molecule has 5 rings (SSSR count). The Morgan fingerprint density at radius 3 is 2.46 bits per heavy atom. The van der Waals surface area contributed by atoms with Gasteiger partial charge in [0, 0.05) is 24.4 Å². The zero-order chi connectivity index (χ0) is 27.9. The molecule has 0 unspecified atom stereocenters. The van der Waals surface area contributed by atoms with Crippen LogP contribution in [-0.2, 0) is 13.2 Å². The standard InChI is InChI=1S/C25H17F4N7O3/c1-36-8-7-17(35-36)13-9-14(16(26)10-15(13)25(27,28)29)22(37)31-18-11-30-21(20-23(38)34-24(39)33-20)32-19(18)12-5-3-2-4-6-12/h2-11,38H,1H3,(H,31,37)(H2,33,34,39). The maximum Gasteiger partial charge on any atom is 0.417 e. The lowest BCUT2D eigenvalue weighted by Crippen LogP contribution is -2.17. The summed E-state index contributed by atoms with van der Waals surface area (Å²) >= 11 is 0. The molecule has 1 amide bonds. The smallest absolute Gasteiger partial charge is 0.417 e. The van der Waals surface area contributed by atoms with Crippen LogP contribution in [0.25, 0.3) is 34.0 Å². The van der Waals surface area contributed by atoms with Gasteiger partial charge in [0.1, 0.15) is 11.5 Å². The maximum atomic E-state index is 14.9. The monoisotopic (exact) mass is 539 g/mol. The van der Waals surface area contributed by atoms with Crippen LogP contribution in [0.3, 0.4) is 0 Å². The van der Waals surface area contributed by atoms with Crippen LogP contribution in [0, 0.1) is 5.82 Å². The number of aromatic hydroxyl groups is 1. The van der Waals surface area contributed by atoms with E-state index < -0.39 is 46.2 Å². The van der Waals surface area contributed by atoms with Crippen LogP contribution in [-0.4, -0.2) is 40.7 Å². The van der Waals surface area contributed by atoms with Crippen molar-refractivity contribution in [3.05, 3.63) is 88.4 Å². The molecule has 4 N–H and O–H groups in total. The Hall–Kier alpha value is -5.27. The van der Waals surface area contributed by atoms with Gasteiger partial charge in [0.15, 0.2) is 5.82 Å². The van der Waals surface area contributed by atoms with Gasteiger partial charge >= 0.3 is 11.9 Å². The first-order valence-corrected chi connectivity index (χ1v) is 11.2. The number of aromatic nitrogens is 6. The summed E-state index contributed by atoms with van der Waals surface area (Å²) in [5.74, 6) is -3.07. The second-order valence-corrected chi connectivity index (χ2v) is 8.33. The van der Waals surface area contributed by atoms with E-state index in [9.17, 15) is 32.3 Å². The average molecular weight is 539 g/mol. The molecular formula is C25H17F4N7O3. The van der Waals surface area contributed by atoms with Crippen LogP contribution in [0.2, 0.25) is 0 Å². The molecule has 3 heterocycles. The van der Waals surface area contributed by atoms with Crippen LogP contribution >= 0.6 is 0 Å². The Labute approximate surface area is 216 Å². The fourth-order valence-corrected chi connectivity index (χ4v) is 3.89. The molecule has 2 aromatic carbocycles. The molecule has 0 fully saturated rings. The third kappa shape index (κ3) is 4.99. The normalized spacial score (nSPS) is 11.5. The molecule has 0 aliphatic carbocycles. The van der Waals surface area contributed by atoms with Gasteiger partial charge in [0.05, 0.1) is 34.4 Å². The molecule has 0 atom stereocenters. The van der Waals surface area contributed by atoms with Gasteiger partial charge in [-0.2, -0.15) is 18.3 Å². The number of hydrogen-bond acceptors (Lipinski definition) is 6. The third-order valence-electron chi connectivity index (χ3n) is 5.66. The molecule has 0 bridgehead atoms. The number of carbonyl (C=O) groups excluding carboxylic acids is 1. The van der Waals surface area contributed by atoms with Crippen LogP contribution in [0.5, 0.6) is 5.88 Å². The number of hydrogen-bond donors (Lipinski definition) is 4. The fraction of sp³-hybridized carbons (Fsp3) is 0.0800. The Morgan fingerprint density at radius 2 is 1.85 bits per heavy atom. The van der Waals surface area contributed by atoms with Gasteiger partial charge in [-0.25, -0.2) is 19.2 Å². The lowest BCUT2D eigenvalue weighted by Gasteiger charge is -2.15. The highest BCUT2D eigenvalue weighted by Gasteiger charge is 2.36. The Balaban J connectivity index is 1.59. The van der Waals surface area contributed by atoms with E-state index in [-0.39, 0.29) is 34.7 Å². The number of rotatable bonds is 5. The minimum atomic E-state index is -4.91. The number of H-pyrrole nitrogens is 2. The molecule has 0 aliphatic heterocycles. The molecule has 39 heavy (non-hydrogen) atoms. The molecule has 0 saturated carbocycles. The van der Waals surface area contributed by atoms with Crippen molar-refractivity contribution < 1.29 is 27.5 Å². The predicted molar refractivity (Wildman–Crippen MR) is 131 cm³/mol. The van der Waals surface area contributed by atoms with Gasteiger partial charge < -0.3 is 10.4 Å². The summed E-state index contributed by atoms with van der Waals surface area (Å²) in [5.41, 5.74) is -2.73. The van der Waals surface area contributed by atoms with Crippen molar-refractivity contribution in [2.75, 3.05) is 5.32 Å². The first kappa shape index (κ1) is 25.4. The number of imidazole rings is 1. The number of aryl methyl sites for hydroxylation is 1. The van der Waals surface area contributed by atoms with Gasteiger partial charge in [-0.05, 0) is 18.2 Å². The van der Waals surface area contributed by atoms with Crippen molar-refractivity contribution in [3.8, 4) is 39.9 Å². The molecule has 198 valence electrons. The SMILES string of the molecule is Cn1ccc(-c2cc(C(=O)Nc3cnc(-c4[nH]c(=O)[nH]c4O)nc3-c3ccccc3)c(F)cc2C(F)(F)F)n1. The quantitative estimate of drug-likeness (QED) is 0.245.